The normalized spacial score (nSPS) is 18.8. The van der Waals surface area contributed by atoms with Crippen molar-refractivity contribution in [2.75, 3.05) is 31.6 Å². The highest BCUT2D eigenvalue weighted by Gasteiger charge is 2.30. The summed E-state index contributed by atoms with van der Waals surface area (Å²) in [5.41, 5.74) is 8.30. The summed E-state index contributed by atoms with van der Waals surface area (Å²) in [5, 5.41) is 5.54. The minimum Gasteiger partial charge on any atom is -0.378 e. The molecule has 1 aromatic carbocycles. The third-order valence-electron chi connectivity index (χ3n) is 4.80. The first kappa shape index (κ1) is 20.8. The Hall–Kier alpha value is -1.90. The number of carbonyl (C=O) groups is 1. The summed E-state index contributed by atoms with van der Waals surface area (Å²) in [5.74, 6) is -0.129. The summed E-state index contributed by atoms with van der Waals surface area (Å²) in [4.78, 5) is 22.5. The molecule has 3 aromatic rings. The second-order valence-corrected chi connectivity index (χ2v) is 7.41. The Morgan fingerprint density at radius 2 is 2.32 bits per heavy atom. The first-order valence-electron chi connectivity index (χ1n) is 8.96. The molecule has 1 amide bonds. The van der Waals surface area contributed by atoms with Crippen molar-refractivity contribution in [3.05, 3.63) is 35.6 Å². The number of morpholine rings is 1. The van der Waals surface area contributed by atoms with Gasteiger partial charge in [-0.3, -0.25) is 14.7 Å². The highest BCUT2D eigenvalue weighted by Crippen LogP contribution is 2.33. The van der Waals surface area contributed by atoms with Gasteiger partial charge in [0.15, 0.2) is 0 Å². The number of H-pyrrole nitrogens is 1. The van der Waals surface area contributed by atoms with Gasteiger partial charge in [0.1, 0.15) is 6.04 Å². The number of nitrogens with two attached hydrogens (primary N) is 1. The average molecular weight is 424 g/mol. The molecule has 2 aromatic heterocycles. The number of fused-ring (bicyclic) bond motifs is 3. The van der Waals surface area contributed by atoms with Crippen LogP contribution in [0.1, 0.15) is 6.92 Å². The monoisotopic (exact) mass is 423 g/mol. The summed E-state index contributed by atoms with van der Waals surface area (Å²) in [6.07, 6.45) is 3.49. The molecule has 0 spiro atoms. The number of hydrogen-bond donors (Lipinski definition) is 3. The number of nitrogens with zero attached hydrogens (tertiary/aromatic N) is 2. The van der Waals surface area contributed by atoms with E-state index in [1.165, 1.54) is 0 Å². The SMILES string of the molecule is C[C@@H](N)CN1CCOC[C@H]1C(=O)Nc1cc(Cl)cc2c1[nH]c1cnccc12.Cl. The van der Waals surface area contributed by atoms with E-state index in [2.05, 4.69) is 20.2 Å². The highest BCUT2D eigenvalue weighted by molar-refractivity contribution is 6.32. The van der Waals surface area contributed by atoms with Gasteiger partial charge in [-0.2, -0.15) is 0 Å². The molecule has 4 rings (SSSR count). The van der Waals surface area contributed by atoms with E-state index in [1.54, 1.807) is 18.5 Å². The molecule has 1 aliphatic rings. The van der Waals surface area contributed by atoms with Gasteiger partial charge in [0.2, 0.25) is 5.91 Å². The number of benzene rings is 1. The van der Waals surface area contributed by atoms with Gasteiger partial charge in [-0.25, -0.2) is 0 Å². The molecule has 1 fully saturated rings. The zero-order valence-electron chi connectivity index (χ0n) is 15.4. The van der Waals surface area contributed by atoms with Crippen LogP contribution in [0.5, 0.6) is 0 Å². The van der Waals surface area contributed by atoms with E-state index in [1.807, 2.05) is 19.1 Å². The molecular weight excluding hydrogens is 401 g/mol. The van der Waals surface area contributed by atoms with E-state index in [9.17, 15) is 4.79 Å². The highest BCUT2D eigenvalue weighted by atomic mass is 35.5. The summed E-state index contributed by atoms with van der Waals surface area (Å²) in [6.45, 7) is 4.21. The Bertz CT molecular complexity index is 991. The van der Waals surface area contributed by atoms with Crippen LogP contribution in [-0.4, -0.2) is 59.2 Å². The molecule has 9 heteroatoms. The van der Waals surface area contributed by atoms with E-state index in [-0.39, 0.29) is 30.4 Å². The molecule has 1 aliphatic heterocycles. The van der Waals surface area contributed by atoms with Crippen LogP contribution < -0.4 is 11.1 Å². The lowest BCUT2D eigenvalue weighted by Gasteiger charge is -2.35. The van der Waals surface area contributed by atoms with Gasteiger partial charge in [-0.15, -0.1) is 12.4 Å². The number of hydrogen-bond acceptors (Lipinski definition) is 5. The minimum absolute atomic E-state index is 0. The maximum atomic E-state index is 13.0. The maximum Gasteiger partial charge on any atom is 0.244 e. The van der Waals surface area contributed by atoms with Crippen LogP contribution in [0, 0.1) is 0 Å². The topological polar surface area (TPSA) is 96.3 Å². The lowest BCUT2D eigenvalue weighted by atomic mass is 10.1. The zero-order chi connectivity index (χ0) is 19.0. The molecule has 0 radical (unpaired) electrons. The van der Waals surface area contributed by atoms with Gasteiger partial charge in [0.05, 0.1) is 36.1 Å². The number of nitrogens with one attached hydrogen (secondary N) is 2. The van der Waals surface area contributed by atoms with Crippen LogP contribution in [0.4, 0.5) is 5.69 Å². The van der Waals surface area contributed by atoms with E-state index in [0.29, 0.717) is 37.0 Å². The molecule has 0 bridgehead atoms. The van der Waals surface area contributed by atoms with Gasteiger partial charge >= 0.3 is 0 Å². The number of amides is 1. The first-order chi connectivity index (χ1) is 13.0. The van der Waals surface area contributed by atoms with Gasteiger partial charge < -0.3 is 20.8 Å². The molecule has 3 heterocycles. The standard InChI is InChI=1S/C19H22ClN5O2.ClH/c1-11(21)9-25-4-5-27-10-17(25)19(26)24-15-7-12(20)6-14-13-2-3-22-8-16(13)23-18(14)15;/h2-3,6-8,11,17,23H,4-5,9-10,21H2,1H3,(H,24,26);1H/t11-,17+;/m1./s1. The number of anilines is 1. The van der Waals surface area contributed by atoms with Crippen molar-refractivity contribution in [2.45, 2.75) is 19.0 Å². The number of rotatable bonds is 4. The maximum absolute atomic E-state index is 13.0. The Morgan fingerprint density at radius 1 is 1.50 bits per heavy atom. The zero-order valence-corrected chi connectivity index (χ0v) is 17.0. The lowest BCUT2D eigenvalue weighted by molar-refractivity contribution is -0.127. The third-order valence-corrected chi connectivity index (χ3v) is 5.01. The van der Waals surface area contributed by atoms with Crippen LogP contribution in [0.25, 0.3) is 21.8 Å². The molecule has 1 saturated heterocycles. The van der Waals surface area contributed by atoms with Crippen molar-refractivity contribution in [3.63, 3.8) is 0 Å². The van der Waals surface area contributed by atoms with Gasteiger partial charge in [0, 0.05) is 41.1 Å². The molecule has 0 saturated carbocycles. The second kappa shape index (κ2) is 8.63. The predicted molar refractivity (Wildman–Crippen MR) is 114 cm³/mol. The Morgan fingerprint density at radius 3 is 3.11 bits per heavy atom. The van der Waals surface area contributed by atoms with Crippen molar-refractivity contribution < 1.29 is 9.53 Å². The Labute approximate surface area is 174 Å². The molecule has 0 aliphatic carbocycles. The fourth-order valence-corrected chi connectivity index (χ4v) is 3.82. The van der Waals surface area contributed by atoms with Crippen molar-refractivity contribution in [1.82, 2.24) is 14.9 Å². The van der Waals surface area contributed by atoms with Crippen molar-refractivity contribution in [3.8, 4) is 0 Å². The van der Waals surface area contributed by atoms with Gasteiger partial charge in [-0.05, 0) is 25.1 Å². The smallest absolute Gasteiger partial charge is 0.244 e. The number of pyridine rings is 1. The predicted octanol–water partition coefficient (Wildman–Crippen LogP) is 2.78. The van der Waals surface area contributed by atoms with Crippen LogP contribution in [0.15, 0.2) is 30.6 Å². The van der Waals surface area contributed by atoms with E-state index < -0.39 is 0 Å². The number of aromatic amines is 1. The second-order valence-electron chi connectivity index (χ2n) is 6.97. The minimum atomic E-state index is -0.384. The number of aromatic nitrogens is 2. The largest absolute Gasteiger partial charge is 0.378 e. The summed E-state index contributed by atoms with van der Waals surface area (Å²) >= 11 is 6.32. The van der Waals surface area contributed by atoms with Crippen molar-refractivity contribution >= 4 is 57.4 Å². The van der Waals surface area contributed by atoms with Gasteiger partial charge in [-0.1, -0.05) is 11.6 Å². The van der Waals surface area contributed by atoms with Crippen molar-refractivity contribution in [2.24, 2.45) is 5.73 Å². The number of halogens is 2. The number of carbonyl (C=O) groups excluding carboxylic acids is 1. The van der Waals surface area contributed by atoms with Crippen LogP contribution in [0.2, 0.25) is 5.02 Å². The summed E-state index contributed by atoms with van der Waals surface area (Å²) in [6, 6.07) is 5.17. The Balaban J connectivity index is 0.00000225. The number of ether oxygens (including phenoxy) is 1. The molecule has 7 nitrogen and oxygen atoms in total. The van der Waals surface area contributed by atoms with Crippen LogP contribution in [0.3, 0.4) is 0 Å². The molecule has 2 atom stereocenters. The summed E-state index contributed by atoms with van der Waals surface area (Å²) in [7, 11) is 0. The van der Waals surface area contributed by atoms with E-state index in [0.717, 1.165) is 21.8 Å². The lowest BCUT2D eigenvalue weighted by Crippen LogP contribution is -2.54. The van der Waals surface area contributed by atoms with Crippen molar-refractivity contribution in [1.29, 1.82) is 0 Å². The molecular formula is C19H23Cl2N5O2. The quantitative estimate of drug-likeness (QED) is 0.599. The van der Waals surface area contributed by atoms with E-state index in [4.69, 9.17) is 22.1 Å². The fourth-order valence-electron chi connectivity index (χ4n) is 3.60. The first-order valence-corrected chi connectivity index (χ1v) is 9.34. The molecule has 28 heavy (non-hydrogen) atoms. The molecule has 0 unspecified atom stereocenters. The van der Waals surface area contributed by atoms with Crippen LogP contribution in [-0.2, 0) is 9.53 Å². The summed E-state index contributed by atoms with van der Waals surface area (Å²) < 4.78 is 5.53. The van der Waals surface area contributed by atoms with Gasteiger partial charge in [0.25, 0.3) is 0 Å². The molecule has 150 valence electrons. The fraction of sp³-hybridized carbons (Fsp3) is 0.368. The Kier molecular flexibility index (Phi) is 6.42. The molecule has 4 N–H and O–H groups in total. The van der Waals surface area contributed by atoms with Crippen LogP contribution >= 0.6 is 24.0 Å². The average Bonchev–Trinajstić information content (AvgIpc) is 3.00. The third kappa shape index (κ3) is 4.09. The van der Waals surface area contributed by atoms with E-state index >= 15 is 0 Å².